The van der Waals surface area contributed by atoms with Crippen LogP contribution < -0.4 is 10.6 Å². The molecule has 31 heavy (non-hydrogen) atoms. The number of hydrogen-bond donors (Lipinski definition) is 2. The van der Waals surface area contributed by atoms with Crippen LogP contribution in [0.5, 0.6) is 0 Å². The fourth-order valence-corrected chi connectivity index (χ4v) is 4.57. The molecule has 1 unspecified atom stereocenters. The number of nitrogens with one attached hydrogen (secondary N) is 2. The van der Waals surface area contributed by atoms with Crippen molar-refractivity contribution in [3.63, 3.8) is 0 Å². The minimum atomic E-state index is -0.838. The van der Waals surface area contributed by atoms with Crippen molar-refractivity contribution in [2.75, 3.05) is 20.1 Å². The van der Waals surface area contributed by atoms with Crippen LogP contribution in [0.15, 0.2) is 35.3 Å². The van der Waals surface area contributed by atoms with Crippen molar-refractivity contribution >= 4 is 11.7 Å². The summed E-state index contributed by atoms with van der Waals surface area (Å²) in [6.07, 6.45) is 9.58. The number of aliphatic imine (C=N–C) groups is 1. The predicted molar refractivity (Wildman–Crippen MR) is 120 cm³/mol. The van der Waals surface area contributed by atoms with Gasteiger partial charge in [0.2, 0.25) is 12.1 Å². The summed E-state index contributed by atoms with van der Waals surface area (Å²) in [5, 5.41) is 25.4. The first kappa shape index (κ1) is 22.8. The van der Waals surface area contributed by atoms with Gasteiger partial charge in [-0.15, -0.1) is 0 Å². The highest BCUT2D eigenvalue weighted by Crippen LogP contribution is 2.28. The molecular formula is C24H32N6O. The Labute approximate surface area is 185 Å². The van der Waals surface area contributed by atoms with E-state index in [2.05, 4.69) is 26.6 Å². The molecule has 0 aromatic heterocycles. The number of carbonyl (C=O) groups excluding carboxylic acids is 1. The lowest BCUT2D eigenvalue weighted by atomic mass is 9.84. The maximum atomic E-state index is 13.4. The molecule has 1 amide bonds. The Morgan fingerprint density at radius 2 is 1.87 bits per heavy atom. The standard InChI is InChI=1S/C24H32N6O/c1-30-14-12-24(17-25,13-15-30)29-23(31)21(16-19-8-4-2-5-9-19)28-22(27-18-26)20-10-6-3-7-11-20/h3,6-7,10-11,19,21H,2,4-5,8-9,12-16H2,1H3,(H,27,28)(H,29,31). The van der Waals surface area contributed by atoms with Crippen molar-refractivity contribution < 1.29 is 4.79 Å². The van der Waals surface area contributed by atoms with Gasteiger partial charge in [-0.1, -0.05) is 62.4 Å². The molecule has 3 rings (SSSR count). The monoisotopic (exact) mass is 420 g/mol. The van der Waals surface area contributed by atoms with Gasteiger partial charge in [0.25, 0.3) is 0 Å². The van der Waals surface area contributed by atoms with Crippen molar-refractivity contribution in [3.05, 3.63) is 35.9 Å². The van der Waals surface area contributed by atoms with E-state index in [1.165, 1.54) is 19.3 Å². The maximum Gasteiger partial charge on any atom is 0.243 e. The van der Waals surface area contributed by atoms with E-state index in [-0.39, 0.29) is 5.91 Å². The van der Waals surface area contributed by atoms with Crippen LogP contribution in [0.2, 0.25) is 0 Å². The molecule has 1 heterocycles. The highest BCUT2D eigenvalue weighted by Gasteiger charge is 2.37. The summed E-state index contributed by atoms with van der Waals surface area (Å²) in [5.74, 6) is 0.665. The van der Waals surface area contributed by atoms with Crippen LogP contribution in [0.3, 0.4) is 0 Å². The molecule has 2 N–H and O–H groups in total. The topological polar surface area (TPSA) is 104 Å². The molecule has 164 valence electrons. The van der Waals surface area contributed by atoms with E-state index in [4.69, 9.17) is 0 Å². The van der Waals surface area contributed by atoms with Gasteiger partial charge in [-0.3, -0.25) is 4.79 Å². The van der Waals surface area contributed by atoms with Crippen LogP contribution in [0.25, 0.3) is 0 Å². The van der Waals surface area contributed by atoms with E-state index in [0.29, 0.717) is 31.0 Å². The number of amides is 1. The zero-order chi connectivity index (χ0) is 22.1. The number of nitrogens with zero attached hydrogens (tertiary/aromatic N) is 4. The Morgan fingerprint density at radius 3 is 2.48 bits per heavy atom. The molecule has 1 aromatic rings. The van der Waals surface area contributed by atoms with Gasteiger partial charge < -0.3 is 15.5 Å². The fourth-order valence-electron chi connectivity index (χ4n) is 4.57. The van der Waals surface area contributed by atoms with Crippen molar-refractivity contribution in [2.45, 2.75) is 62.9 Å². The quantitative estimate of drug-likeness (QED) is 0.418. The third kappa shape index (κ3) is 6.29. The number of piperidine rings is 1. The van der Waals surface area contributed by atoms with Gasteiger partial charge in [0.1, 0.15) is 17.4 Å². The van der Waals surface area contributed by atoms with Crippen molar-refractivity contribution in [2.24, 2.45) is 10.9 Å². The van der Waals surface area contributed by atoms with Gasteiger partial charge in [-0.25, -0.2) is 0 Å². The Kier molecular flexibility index (Phi) is 8.03. The van der Waals surface area contributed by atoms with E-state index >= 15 is 0 Å². The molecule has 2 aliphatic rings. The fraction of sp³-hybridized carbons (Fsp3) is 0.583. The first-order chi connectivity index (χ1) is 15.0. The first-order valence-electron chi connectivity index (χ1n) is 11.3. The lowest BCUT2D eigenvalue weighted by Gasteiger charge is -2.37. The van der Waals surface area contributed by atoms with Gasteiger partial charge in [0, 0.05) is 18.7 Å². The number of hydrogen-bond acceptors (Lipinski definition) is 5. The van der Waals surface area contributed by atoms with Crippen LogP contribution in [-0.4, -0.2) is 48.4 Å². The summed E-state index contributed by atoms with van der Waals surface area (Å²) in [7, 11) is 2.03. The highest BCUT2D eigenvalue weighted by atomic mass is 16.2. The van der Waals surface area contributed by atoms with Crippen molar-refractivity contribution in [1.82, 2.24) is 15.5 Å². The SMILES string of the molecule is CN1CCC(C#N)(NC(=O)C(CC2CCCCC2)N/C(=N\C#N)c2ccccc2)CC1. The largest absolute Gasteiger partial charge is 0.357 e. The molecule has 0 spiro atoms. The van der Waals surface area contributed by atoms with Gasteiger partial charge in [0.05, 0.1) is 6.07 Å². The Balaban J connectivity index is 1.79. The van der Waals surface area contributed by atoms with Crippen molar-refractivity contribution in [3.8, 4) is 12.3 Å². The van der Waals surface area contributed by atoms with Gasteiger partial charge >= 0.3 is 0 Å². The smallest absolute Gasteiger partial charge is 0.243 e. The van der Waals surface area contributed by atoms with E-state index in [1.54, 1.807) is 0 Å². The molecule has 7 nitrogen and oxygen atoms in total. The summed E-state index contributed by atoms with van der Waals surface area (Å²) < 4.78 is 0. The molecule has 1 aliphatic heterocycles. The number of nitriles is 2. The second-order valence-electron chi connectivity index (χ2n) is 8.85. The second kappa shape index (κ2) is 10.9. The highest BCUT2D eigenvalue weighted by molar-refractivity contribution is 6.01. The lowest BCUT2D eigenvalue weighted by molar-refractivity contribution is -0.125. The summed E-state index contributed by atoms with van der Waals surface area (Å²) in [5.41, 5.74) is -0.0742. The average Bonchev–Trinajstić information content (AvgIpc) is 2.81. The van der Waals surface area contributed by atoms with Gasteiger partial charge in [-0.05, 0) is 32.2 Å². The van der Waals surface area contributed by atoms with E-state index in [1.807, 2.05) is 43.6 Å². The molecular weight excluding hydrogens is 388 g/mol. The molecule has 7 heteroatoms. The Bertz CT molecular complexity index is 839. The molecule has 1 atom stereocenters. The van der Waals surface area contributed by atoms with Crippen LogP contribution in [0.1, 0.15) is 56.9 Å². The minimum Gasteiger partial charge on any atom is -0.357 e. The third-order valence-electron chi connectivity index (χ3n) is 6.55. The summed E-state index contributed by atoms with van der Waals surface area (Å²) in [4.78, 5) is 19.6. The van der Waals surface area contributed by atoms with Gasteiger partial charge in [-0.2, -0.15) is 15.5 Å². The Hall–Kier alpha value is -2.90. The van der Waals surface area contributed by atoms with Crippen LogP contribution >= 0.6 is 0 Å². The average molecular weight is 421 g/mol. The maximum absolute atomic E-state index is 13.4. The number of carbonyl (C=O) groups is 1. The minimum absolute atomic E-state index is 0.182. The van der Waals surface area contributed by atoms with E-state index < -0.39 is 11.6 Å². The van der Waals surface area contributed by atoms with E-state index in [0.717, 1.165) is 31.5 Å². The number of rotatable bonds is 6. The number of amidine groups is 1. The molecule has 1 saturated heterocycles. The van der Waals surface area contributed by atoms with Crippen LogP contribution in [0, 0.1) is 28.7 Å². The van der Waals surface area contributed by atoms with Crippen LogP contribution in [-0.2, 0) is 4.79 Å². The first-order valence-corrected chi connectivity index (χ1v) is 11.3. The van der Waals surface area contributed by atoms with Gasteiger partial charge in [0.15, 0.2) is 0 Å². The summed E-state index contributed by atoms with van der Waals surface area (Å²) in [6.45, 7) is 1.55. The normalized spacial score (nSPS) is 20.8. The van der Waals surface area contributed by atoms with Crippen LogP contribution in [0.4, 0.5) is 0 Å². The molecule has 1 aliphatic carbocycles. The predicted octanol–water partition coefficient (Wildman–Crippen LogP) is 2.95. The molecule has 2 fully saturated rings. The molecule has 1 aromatic carbocycles. The lowest BCUT2D eigenvalue weighted by Crippen LogP contribution is -2.58. The zero-order valence-electron chi connectivity index (χ0n) is 18.3. The van der Waals surface area contributed by atoms with Crippen molar-refractivity contribution in [1.29, 1.82) is 10.5 Å². The molecule has 0 radical (unpaired) electrons. The summed E-state index contributed by atoms with van der Waals surface area (Å²) >= 11 is 0. The molecule has 1 saturated carbocycles. The third-order valence-corrected chi connectivity index (χ3v) is 6.55. The summed E-state index contributed by atoms with van der Waals surface area (Å²) in [6, 6.07) is 11.2. The molecule has 0 bridgehead atoms. The number of benzene rings is 1. The zero-order valence-corrected chi connectivity index (χ0v) is 18.3. The number of likely N-dealkylation sites (tertiary alicyclic amines) is 1. The Morgan fingerprint density at radius 1 is 1.19 bits per heavy atom. The van der Waals surface area contributed by atoms with E-state index in [9.17, 15) is 15.3 Å². The second-order valence-corrected chi connectivity index (χ2v) is 8.85.